The van der Waals surface area contributed by atoms with E-state index in [0.717, 1.165) is 35.7 Å². The van der Waals surface area contributed by atoms with Gasteiger partial charge in [0.1, 0.15) is 5.82 Å². The molecule has 1 N–H and O–H groups in total. The highest BCUT2D eigenvalue weighted by molar-refractivity contribution is 5.54. The van der Waals surface area contributed by atoms with E-state index in [9.17, 15) is 5.11 Å². The Labute approximate surface area is 114 Å². The number of anilines is 1. The summed E-state index contributed by atoms with van der Waals surface area (Å²) in [6.07, 6.45) is 1.06. The molecule has 0 amide bonds. The van der Waals surface area contributed by atoms with Gasteiger partial charge in [0.05, 0.1) is 18.0 Å². The Balaban J connectivity index is 2.55. The summed E-state index contributed by atoms with van der Waals surface area (Å²) in [7, 11) is 2.04. The highest BCUT2D eigenvalue weighted by Crippen LogP contribution is 2.26. The van der Waals surface area contributed by atoms with Crippen LogP contribution in [0.25, 0.3) is 5.69 Å². The van der Waals surface area contributed by atoms with Crippen LogP contribution in [-0.2, 0) is 6.61 Å². The lowest BCUT2D eigenvalue weighted by atomic mass is 10.2. The SMILES string of the molecule is CCCN(C)c1c(CO)c(C)nn1-c1ccccc1. The predicted molar refractivity (Wildman–Crippen MR) is 77.8 cm³/mol. The van der Waals surface area contributed by atoms with E-state index in [1.165, 1.54) is 0 Å². The number of aryl methyl sites for hydroxylation is 1. The standard InChI is InChI=1S/C15H21N3O/c1-4-10-17(3)15-14(11-19)12(2)16-18(15)13-8-6-5-7-9-13/h5-9,19H,4,10-11H2,1-3H3. The Bertz CT molecular complexity index is 534. The summed E-state index contributed by atoms with van der Waals surface area (Å²) in [5.74, 6) is 0.980. The van der Waals surface area contributed by atoms with E-state index in [4.69, 9.17) is 0 Å². The molecule has 2 aromatic rings. The molecule has 1 aromatic carbocycles. The van der Waals surface area contributed by atoms with Gasteiger partial charge in [0.2, 0.25) is 0 Å². The highest BCUT2D eigenvalue weighted by Gasteiger charge is 2.18. The molecular formula is C15H21N3O. The van der Waals surface area contributed by atoms with Crippen LogP contribution in [0.2, 0.25) is 0 Å². The van der Waals surface area contributed by atoms with Crippen LogP contribution in [0.15, 0.2) is 30.3 Å². The number of rotatable bonds is 5. The summed E-state index contributed by atoms with van der Waals surface area (Å²) in [5, 5.41) is 14.2. The van der Waals surface area contributed by atoms with Gasteiger partial charge in [-0.2, -0.15) is 5.10 Å². The quantitative estimate of drug-likeness (QED) is 0.897. The first-order valence-corrected chi connectivity index (χ1v) is 6.65. The van der Waals surface area contributed by atoms with Crippen LogP contribution >= 0.6 is 0 Å². The smallest absolute Gasteiger partial charge is 0.137 e. The maximum atomic E-state index is 9.60. The molecule has 0 aliphatic rings. The molecule has 0 bridgehead atoms. The van der Waals surface area contributed by atoms with Crippen LogP contribution in [-0.4, -0.2) is 28.5 Å². The minimum absolute atomic E-state index is 0.0159. The Kier molecular flexibility index (Phi) is 4.22. The summed E-state index contributed by atoms with van der Waals surface area (Å²) >= 11 is 0. The molecule has 0 unspecified atom stereocenters. The highest BCUT2D eigenvalue weighted by atomic mass is 16.3. The fraction of sp³-hybridized carbons (Fsp3) is 0.400. The number of para-hydroxylation sites is 1. The second-order valence-electron chi connectivity index (χ2n) is 4.71. The van der Waals surface area contributed by atoms with Crippen LogP contribution in [0.4, 0.5) is 5.82 Å². The third kappa shape index (κ3) is 2.63. The lowest BCUT2D eigenvalue weighted by Gasteiger charge is -2.21. The van der Waals surface area contributed by atoms with Crippen LogP contribution in [0, 0.1) is 6.92 Å². The van der Waals surface area contributed by atoms with Gasteiger partial charge in [-0.05, 0) is 25.5 Å². The van der Waals surface area contributed by atoms with Gasteiger partial charge in [0.15, 0.2) is 0 Å². The van der Waals surface area contributed by atoms with Gasteiger partial charge in [-0.25, -0.2) is 4.68 Å². The van der Waals surface area contributed by atoms with Gasteiger partial charge in [-0.1, -0.05) is 25.1 Å². The van der Waals surface area contributed by atoms with Crippen LogP contribution in [0.1, 0.15) is 24.6 Å². The molecular weight excluding hydrogens is 238 g/mol. The van der Waals surface area contributed by atoms with Crippen LogP contribution in [0.3, 0.4) is 0 Å². The van der Waals surface area contributed by atoms with Crippen LogP contribution in [0.5, 0.6) is 0 Å². The summed E-state index contributed by atoms with van der Waals surface area (Å²) in [6.45, 7) is 5.03. The molecule has 0 fully saturated rings. The van der Waals surface area contributed by atoms with Crippen LogP contribution < -0.4 is 4.90 Å². The summed E-state index contributed by atoms with van der Waals surface area (Å²) in [6, 6.07) is 10.0. The number of aromatic nitrogens is 2. The van der Waals surface area contributed by atoms with E-state index < -0.39 is 0 Å². The Morgan fingerprint density at radius 2 is 1.95 bits per heavy atom. The van der Waals surface area contributed by atoms with Crippen molar-refractivity contribution in [2.24, 2.45) is 0 Å². The van der Waals surface area contributed by atoms with E-state index in [-0.39, 0.29) is 6.61 Å². The third-order valence-electron chi connectivity index (χ3n) is 3.24. The molecule has 1 heterocycles. The monoisotopic (exact) mass is 259 g/mol. The zero-order chi connectivity index (χ0) is 13.8. The summed E-state index contributed by atoms with van der Waals surface area (Å²) in [4.78, 5) is 2.15. The molecule has 19 heavy (non-hydrogen) atoms. The lowest BCUT2D eigenvalue weighted by Crippen LogP contribution is -2.22. The first kappa shape index (κ1) is 13.6. The van der Waals surface area contributed by atoms with E-state index >= 15 is 0 Å². The fourth-order valence-corrected chi connectivity index (χ4v) is 2.32. The van der Waals surface area contributed by atoms with Gasteiger partial charge in [0, 0.05) is 19.2 Å². The van der Waals surface area contributed by atoms with Crippen molar-refractivity contribution >= 4 is 5.82 Å². The van der Waals surface area contributed by atoms with Crippen molar-refractivity contribution in [2.75, 3.05) is 18.5 Å². The number of benzene rings is 1. The second kappa shape index (κ2) is 5.89. The average molecular weight is 259 g/mol. The van der Waals surface area contributed by atoms with Crippen molar-refractivity contribution in [2.45, 2.75) is 26.9 Å². The van der Waals surface area contributed by atoms with Crippen molar-refractivity contribution < 1.29 is 5.11 Å². The van der Waals surface area contributed by atoms with Gasteiger partial charge in [-0.3, -0.25) is 0 Å². The van der Waals surface area contributed by atoms with E-state index in [1.54, 1.807) is 0 Å². The molecule has 0 spiro atoms. The summed E-state index contributed by atoms with van der Waals surface area (Å²) < 4.78 is 1.91. The second-order valence-corrected chi connectivity index (χ2v) is 4.71. The molecule has 0 saturated carbocycles. The van der Waals surface area contributed by atoms with Gasteiger partial charge >= 0.3 is 0 Å². The molecule has 0 radical (unpaired) electrons. The molecule has 102 valence electrons. The van der Waals surface area contributed by atoms with Gasteiger partial charge < -0.3 is 10.0 Å². The van der Waals surface area contributed by atoms with Gasteiger partial charge in [0.25, 0.3) is 0 Å². The first-order valence-electron chi connectivity index (χ1n) is 6.65. The normalized spacial score (nSPS) is 10.7. The van der Waals surface area contributed by atoms with E-state index in [0.29, 0.717) is 0 Å². The maximum absolute atomic E-state index is 9.60. The topological polar surface area (TPSA) is 41.3 Å². The van der Waals surface area contributed by atoms with Crippen molar-refractivity contribution in [1.29, 1.82) is 0 Å². The third-order valence-corrected chi connectivity index (χ3v) is 3.24. The average Bonchev–Trinajstić information content (AvgIpc) is 2.77. The maximum Gasteiger partial charge on any atom is 0.137 e. The fourth-order valence-electron chi connectivity index (χ4n) is 2.32. The minimum atomic E-state index is 0.0159. The number of hydrogen-bond donors (Lipinski definition) is 1. The largest absolute Gasteiger partial charge is 0.391 e. The molecule has 4 nitrogen and oxygen atoms in total. The molecule has 0 aliphatic carbocycles. The number of aliphatic hydroxyl groups excluding tert-OH is 1. The number of nitrogens with zero attached hydrogens (tertiary/aromatic N) is 3. The van der Waals surface area contributed by atoms with Gasteiger partial charge in [-0.15, -0.1) is 0 Å². The molecule has 0 saturated heterocycles. The van der Waals surface area contributed by atoms with E-state index in [1.807, 2.05) is 49.0 Å². The van der Waals surface area contributed by atoms with Crippen molar-refractivity contribution in [3.05, 3.63) is 41.6 Å². The number of aliphatic hydroxyl groups is 1. The Hall–Kier alpha value is -1.81. The zero-order valence-corrected chi connectivity index (χ0v) is 11.8. The molecule has 2 rings (SSSR count). The molecule has 1 aromatic heterocycles. The Morgan fingerprint density at radius 1 is 1.26 bits per heavy atom. The van der Waals surface area contributed by atoms with Crippen molar-refractivity contribution in [3.63, 3.8) is 0 Å². The molecule has 0 aliphatic heterocycles. The van der Waals surface area contributed by atoms with E-state index in [2.05, 4.69) is 16.9 Å². The van der Waals surface area contributed by atoms with Crippen molar-refractivity contribution in [1.82, 2.24) is 9.78 Å². The molecule has 4 heteroatoms. The lowest BCUT2D eigenvalue weighted by molar-refractivity contribution is 0.281. The molecule has 0 atom stereocenters. The summed E-state index contributed by atoms with van der Waals surface area (Å²) in [5.41, 5.74) is 2.80. The number of hydrogen-bond acceptors (Lipinski definition) is 3. The Morgan fingerprint density at radius 3 is 2.53 bits per heavy atom. The predicted octanol–water partition coefficient (Wildman–Crippen LogP) is 2.52. The van der Waals surface area contributed by atoms with Crippen molar-refractivity contribution in [3.8, 4) is 5.69 Å². The first-order chi connectivity index (χ1) is 9.19. The zero-order valence-electron chi connectivity index (χ0n) is 11.8. The minimum Gasteiger partial charge on any atom is -0.391 e.